The lowest BCUT2D eigenvalue weighted by Gasteiger charge is -2.26. The summed E-state index contributed by atoms with van der Waals surface area (Å²) in [5.41, 5.74) is 0.705. The first-order chi connectivity index (χ1) is 18.8. The number of alkyl halides is 6. The molecule has 0 saturated carbocycles. The van der Waals surface area contributed by atoms with Gasteiger partial charge in [-0.25, -0.2) is 9.67 Å². The Labute approximate surface area is 222 Å². The number of ether oxygens (including phenoxy) is 1. The maximum absolute atomic E-state index is 13.2. The summed E-state index contributed by atoms with van der Waals surface area (Å²) >= 11 is 0. The Morgan fingerprint density at radius 1 is 1.20 bits per heavy atom. The fraction of sp³-hybridized carbons (Fsp3) is 0.320. The van der Waals surface area contributed by atoms with Crippen LogP contribution in [-0.4, -0.2) is 52.1 Å². The molecule has 0 spiro atoms. The van der Waals surface area contributed by atoms with Gasteiger partial charge >= 0.3 is 12.4 Å². The van der Waals surface area contributed by atoms with Gasteiger partial charge in [0, 0.05) is 12.6 Å². The quantitative estimate of drug-likeness (QED) is 0.418. The number of halogens is 6. The first-order valence-electron chi connectivity index (χ1n) is 11.8. The molecule has 1 aliphatic rings. The molecule has 1 aliphatic heterocycles. The second kappa shape index (κ2) is 10.9. The van der Waals surface area contributed by atoms with Gasteiger partial charge in [0.1, 0.15) is 24.1 Å². The molecular formula is C25H20F6N6O3. The molecule has 9 nitrogen and oxygen atoms in total. The van der Waals surface area contributed by atoms with Crippen molar-refractivity contribution in [2.75, 3.05) is 13.2 Å². The predicted octanol–water partition coefficient (Wildman–Crippen LogP) is 3.96. The molecule has 0 radical (unpaired) electrons. The molecule has 3 heterocycles. The molecule has 0 bridgehead atoms. The van der Waals surface area contributed by atoms with Crippen LogP contribution in [0, 0.1) is 11.3 Å². The molecule has 0 aliphatic carbocycles. The van der Waals surface area contributed by atoms with Crippen LogP contribution in [-0.2, 0) is 12.8 Å². The van der Waals surface area contributed by atoms with Crippen LogP contribution in [0.4, 0.5) is 26.3 Å². The number of hydrogen-bond acceptors (Lipinski definition) is 6. The normalized spacial score (nSPS) is 15.2. The third-order valence-electron chi connectivity index (χ3n) is 5.92. The highest BCUT2D eigenvalue weighted by Crippen LogP contribution is 2.32. The van der Waals surface area contributed by atoms with Crippen LogP contribution in [0.15, 0.2) is 36.5 Å². The summed E-state index contributed by atoms with van der Waals surface area (Å²) in [7, 11) is 0. The van der Waals surface area contributed by atoms with Gasteiger partial charge in [0.05, 0.1) is 22.9 Å². The average molecular weight is 566 g/mol. The van der Waals surface area contributed by atoms with Crippen molar-refractivity contribution >= 4 is 11.8 Å². The number of pyridine rings is 1. The van der Waals surface area contributed by atoms with Gasteiger partial charge in [-0.1, -0.05) is 13.0 Å². The maximum atomic E-state index is 13.2. The fourth-order valence-electron chi connectivity index (χ4n) is 4.21. The zero-order valence-corrected chi connectivity index (χ0v) is 20.7. The van der Waals surface area contributed by atoms with Crippen LogP contribution in [0.3, 0.4) is 0 Å². The number of nitrogens with zero attached hydrogens (tertiary/aromatic N) is 4. The van der Waals surface area contributed by atoms with E-state index in [1.807, 2.05) is 6.07 Å². The number of fused-ring (bicyclic) bond motifs is 1. The number of aromatic nitrogens is 3. The molecule has 1 unspecified atom stereocenters. The summed E-state index contributed by atoms with van der Waals surface area (Å²) in [6.07, 6.45) is -7.67. The third kappa shape index (κ3) is 6.33. The van der Waals surface area contributed by atoms with Crippen molar-refractivity contribution < 1.29 is 40.7 Å². The topological polar surface area (TPSA) is 122 Å². The molecule has 2 aromatic heterocycles. The van der Waals surface area contributed by atoms with E-state index in [1.54, 1.807) is 12.2 Å². The summed E-state index contributed by atoms with van der Waals surface area (Å²) < 4.78 is 81.8. The van der Waals surface area contributed by atoms with Crippen molar-refractivity contribution in [3.63, 3.8) is 0 Å². The van der Waals surface area contributed by atoms with Gasteiger partial charge in [0.15, 0.2) is 12.4 Å². The van der Waals surface area contributed by atoms with Crippen LogP contribution in [0.1, 0.15) is 56.2 Å². The fourth-order valence-corrected chi connectivity index (χ4v) is 4.21. The van der Waals surface area contributed by atoms with Gasteiger partial charge in [-0.05, 0) is 41.8 Å². The van der Waals surface area contributed by atoms with Crippen LogP contribution in [0.2, 0.25) is 0 Å². The van der Waals surface area contributed by atoms with Crippen molar-refractivity contribution in [3.8, 4) is 17.6 Å². The Balaban J connectivity index is 1.72. The predicted molar refractivity (Wildman–Crippen MR) is 126 cm³/mol. The minimum Gasteiger partial charge on any atom is -0.484 e. The number of nitriles is 1. The molecule has 210 valence electrons. The van der Waals surface area contributed by atoms with E-state index in [0.29, 0.717) is 17.5 Å². The molecule has 40 heavy (non-hydrogen) atoms. The Morgan fingerprint density at radius 2 is 1.95 bits per heavy atom. The van der Waals surface area contributed by atoms with E-state index >= 15 is 0 Å². The number of nitrogens with one attached hydrogen (secondary N) is 2. The van der Waals surface area contributed by atoms with E-state index in [9.17, 15) is 35.9 Å². The summed E-state index contributed by atoms with van der Waals surface area (Å²) in [5, 5.41) is 17.8. The van der Waals surface area contributed by atoms with E-state index in [-0.39, 0.29) is 34.8 Å². The summed E-state index contributed by atoms with van der Waals surface area (Å²) in [6.45, 7) is -1.37. The number of carbonyl (C=O) groups excluding carboxylic acids is 2. The average Bonchev–Trinajstić information content (AvgIpc) is 3.30. The Morgan fingerprint density at radius 3 is 2.55 bits per heavy atom. The highest BCUT2D eigenvalue weighted by Gasteiger charge is 2.37. The van der Waals surface area contributed by atoms with E-state index in [4.69, 9.17) is 10.00 Å². The van der Waals surface area contributed by atoms with Gasteiger partial charge in [-0.3, -0.25) is 9.59 Å². The van der Waals surface area contributed by atoms with E-state index < -0.39 is 49.1 Å². The standard InChI is InChI=1S/C25H20F6N6O3/c1-2-14-7-15(40-12-25(29,30)31)4-5-16(14)17-8-18-20(22(38)35-17)21(23(39)34-11-24(26,27)28)37(36-18)19-6-3-13(9-32)10-33-19/h3-7,10,17H,2,8,11-12H2,1H3,(H,34,39)(H,35,38). The highest BCUT2D eigenvalue weighted by molar-refractivity contribution is 6.08. The summed E-state index contributed by atoms with van der Waals surface area (Å²) in [4.78, 5) is 30.2. The second-order valence-corrected chi connectivity index (χ2v) is 8.75. The molecule has 3 aromatic rings. The third-order valence-corrected chi connectivity index (χ3v) is 5.92. The highest BCUT2D eigenvalue weighted by atomic mass is 19.4. The first kappa shape index (κ1) is 28.4. The van der Waals surface area contributed by atoms with E-state index in [1.165, 1.54) is 36.5 Å². The van der Waals surface area contributed by atoms with Crippen molar-refractivity contribution in [2.24, 2.45) is 0 Å². The Kier molecular flexibility index (Phi) is 7.72. The Hall–Kier alpha value is -4.61. The van der Waals surface area contributed by atoms with Gasteiger partial charge in [0.2, 0.25) is 0 Å². The zero-order chi connectivity index (χ0) is 29.2. The van der Waals surface area contributed by atoms with E-state index in [2.05, 4.69) is 15.4 Å². The largest absolute Gasteiger partial charge is 0.484 e. The van der Waals surface area contributed by atoms with Crippen LogP contribution >= 0.6 is 0 Å². The van der Waals surface area contributed by atoms with Crippen molar-refractivity contribution in [1.82, 2.24) is 25.4 Å². The maximum Gasteiger partial charge on any atom is 0.422 e. The lowest BCUT2D eigenvalue weighted by Crippen LogP contribution is -2.39. The minimum atomic E-state index is -4.72. The molecule has 1 atom stereocenters. The number of amides is 2. The number of hydrogen-bond donors (Lipinski definition) is 2. The summed E-state index contributed by atoms with van der Waals surface area (Å²) in [5.74, 6) is -2.04. The molecule has 0 saturated heterocycles. The van der Waals surface area contributed by atoms with Gasteiger partial charge in [-0.15, -0.1) is 0 Å². The number of aryl methyl sites for hydroxylation is 1. The lowest BCUT2D eigenvalue weighted by atomic mass is 9.91. The SMILES string of the molecule is CCc1cc(OCC(F)(F)F)ccc1C1Cc2nn(-c3ccc(C#N)cn3)c(C(=O)NCC(F)(F)F)c2C(=O)N1. The zero-order valence-electron chi connectivity index (χ0n) is 20.7. The van der Waals surface area contributed by atoms with Crippen molar-refractivity contribution in [1.29, 1.82) is 5.26 Å². The van der Waals surface area contributed by atoms with Crippen LogP contribution < -0.4 is 15.4 Å². The second-order valence-electron chi connectivity index (χ2n) is 8.75. The molecular weight excluding hydrogens is 546 g/mol. The number of benzene rings is 1. The summed E-state index contributed by atoms with van der Waals surface area (Å²) in [6, 6.07) is 8.10. The van der Waals surface area contributed by atoms with Gasteiger partial charge in [-0.2, -0.15) is 36.7 Å². The Bertz CT molecular complexity index is 1470. The van der Waals surface area contributed by atoms with Crippen LogP contribution in [0.25, 0.3) is 5.82 Å². The molecule has 4 rings (SSSR count). The van der Waals surface area contributed by atoms with Crippen LogP contribution in [0.5, 0.6) is 5.75 Å². The first-order valence-corrected chi connectivity index (χ1v) is 11.8. The lowest BCUT2D eigenvalue weighted by molar-refractivity contribution is -0.153. The van der Waals surface area contributed by atoms with Crippen molar-refractivity contribution in [3.05, 3.63) is 70.2 Å². The molecule has 2 N–H and O–H groups in total. The van der Waals surface area contributed by atoms with Gasteiger partial charge in [0.25, 0.3) is 11.8 Å². The van der Waals surface area contributed by atoms with E-state index in [0.717, 1.165) is 4.68 Å². The monoisotopic (exact) mass is 566 g/mol. The molecule has 0 fully saturated rings. The van der Waals surface area contributed by atoms with Crippen molar-refractivity contribution in [2.45, 2.75) is 38.2 Å². The molecule has 1 aromatic carbocycles. The number of rotatable bonds is 7. The molecule has 15 heteroatoms. The van der Waals surface area contributed by atoms with Gasteiger partial charge < -0.3 is 15.4 Å². The molecule has 2 amide bonds. The minimum absolute atomic E-state index is 0.0134. The smallest absolute Gasteiger partial charge is 0.422 e. The number of carbonyl (C=O) groups is 2.